The Morgan fingerprint density at radius 1 is 0.500 bits per heavy atom. The van der Waals surface area contributed by atoms with Crippen LogP contribution in [-0.4, -0.2) is 11.6 Å². The number of rotatable bonds is 2. The number of para-hydroxylation sites is 4. The molecule has 3 aromatic rings. The number of benzene rings is 3. The smallest absolute Gasteiger partial charge is 0.229 e. The molecular formula is C26H18N4O4. The second-order valence-electron chi connectivity index (χ2n) is 8.39. The highest BCUT2D eigenvalue weighted by Gasteiger charge is 2.41. The third-order valence-electron chi connectivity index (χ3n) is 6.31. The van der Waals surface area contributed by atoms with Crippen LogP contribution in [0.5, 0.6) is 0 Å². The first-order valence-corrected chi connectivity index (χ1v) is 10.9. The average Bonchev–Trinajstić information content (AvgIpc) is 3.37. The Kier molecular flexibility index (Phi) is 3.81. The van der Waals surface area contributed by atoms with E-state index in [2.05, 4.69) is 21.3 Å². The molecule has 0 amide bonds. The van der Waals surface area contributed by atoms with Crippen molar-refractivity contribution in [3.63, 3.8) is 0 Å². The number of ketones is 2. The molecule has 34 heavy (non-hydrogen) atoms. The molecule has 0 bridgehead atoms. The molecule has 4 N–H and O–H groups in total. The largest absolute Gasteiger partial charge is 0.461 e. The maximum atomic E-state index is 13.0. The predicted octanol–water partition coefficient (Wildman–Crippen LogP) is 4.38. The number of nitrogens with one attached hydrogen (secondary N) is 4. The van der Waals surface area contributed by atoms with E-state index in [0.29, 0.717) is 34.3 Å². The third kappa shape index (κ3) is 2.72. The zero-order chi connectivity index (χ0) is 22.8. The summed E-state index contributed by atoms with van der Waals surface area (Å²) < 4.78 is 11.9. The highest BCUT2D eigenvalue weighted by atomic mass is 16.5. The molecular weight excluding hydrogens is 432 g/mol. The van der Waals surface area contributed by atoms with Crippen molar-refractivity contribution in [2.24, 2.45) is 0 Å². The number of carbonyl (C=O) groups excluding carboxylic acids is 2. The molecule has 0 fully saturated rings. The van der Waals surface area contributed by atoms with E-state index in [9.17, 15) is 9.59 Å². The van der Waals surface area contributed by atoms with Gasteiger partial charge in [0.25, 0.3) is 0 Å². The van der Waals surface area contributed by atoms with Crippen molar-refractivity contribution in [1.82, 2.24) is 0 Å². The second kappa shape index (κ2) is 6.89. The zero-order valence-corrected chi connectivity index (χ0v) is 17.7. The van der Waals surface area contributed by atoms with Crippen LogP contribution >= 0.6 is 0 Å². The summed E-state index contributed by atoms with van der Waals surface area (Å²) in [6.07, 6.45) is -1.53. The maximum absolute atomic E-state index is 13.0. The van der Waals surface area contributed by atoms with E-state index in [0.717, 1.165) is 22.7 Å². The number of carbonyl (C=O) groups is 2. The van der Waals surface area contributed by atoms with Crippen molar-refractivity contribution in [3.8, 4) is 0 Å². The van der Waals surface area contributed by atoms with Crippen LogP contribution in [0.25, 0.3) is 0 Å². The molecule has 3 aromatic carbocycles. The normalized spacial score (nSPS) is 21.6. The summed E-state index contributed by atoms with van der Waals surface area (Å²) >= 11 is 0. The van der Waals surface area contributed by atoms with E-state index in [1.807, 2.05) is 48.5 Å². The van der Waals surface area contributed by atoms with Gasteiger partial charge in [-0.25, -0.2) is 0 Å². The van der Waals surface area contributed by atoms with Crippen molar-refractivity contribution in [2.75, 3.05) is 21.3 Å². The van der Waals surface area contributed by atoms with Gasteiger partial charge in [0, 0.05) is 11.1 Å². The maximum Gasteiger partial charge on any atom is 0.229 e. The Labute approximate surface area is 194 Å². The van der Waals surface area contributed by atoms with Crippen LogP contribution in [0.1, 0.15) is 23.3 Å². The van der Waals surface area contributed by atoms with Gasteiger partial charge in [0.2, 0.25) is 23.3 Å². The van der Waals surface area contributed by atoms with Crippen LogP contribution in [0.3, 0.4) is 0 Å². The Morgan fingerprint density at radius 3 is 1.24 bits per heavy atom. The van der Waals surface area contributed by atoms with Crippen LogP contribution in [0.2, 0.25) is 0 Å². The highest BCUT2D eigenvalue weighted by molar-refractivity contribution is 6.07. The van der Waals surface area contributed by atoms with Crippen LogP contribution in [0.4, 0.5) is 22.7 Å². The van der Waals surface area contributed by atoms with Crippen LogP contribution in [0, 0.1) is 0 Å². The number of fused-ring (bicyclic) bond motifs is 2. The second-order valence-corrected chi connectivity index (χ2v) is 8.39. The van der Waals surface area contributed by atoms with Crippen molar-refractivity contribution in [1.29, 1.82) is 0 Å². The van der Waals surface area contributed by atoms with Gasteiger partial charge in [-0.15, -0.1) is 0 Å². The van der Waals surface area contributed by atoms with E-state index in [4.69, 9.17) is 9.47 Å². The molecule has 166 valence electrons. The molecule has 4 aliphatic heterocycles. The Bertz CT molecular complexity index is 1350. The van der Waals surface area contributed by atoms with E-state index in [-0.39, 0.29) is 11.6 Å². The lowest BCUT2D eigenvalue weighted by Crippen LogP contribution is -2.18. The van der Waals surface area contributed by atoms with E-state index in [1.54, 1.807) is 24.3 Å². The van der Waals surface area contributed by atoms with Crippen molar-refractivity contribution in [2.45, 2.75) is 12.2 Å². The lowest BCUT2D eigenvalue weighted by atomic mass is 9.99. The molecule has 8 nitrogen and oxygen atoms in total. The van der Waals surface area contributed by atoms with Crippen LogP contribution in [0.15, 0.2) is 96.0 Å². The minimum atomic E-state index is -0.766. The van der Waals surface area contributed by atoms with Gasteiger partial charge in [-0.2, -0.15) is 0 Å². The standard InChI is InChI=1S/C26H18N4O4/c31-21-19-25(29-17-7-3-1-5-15(17)27-19)33-23(21)13-9-11-14(12-10-13)24-22(32)20-26(34-24)30-18-8-4-2-6-16(18)28-20/h1-12,23-24,27-30H/t23-,24-/m0/s1. The fourth-order valence-electron chi connectivity index (χ4n) is 4.57. The third-order valence-corrected chi connectivity index (χ3v) is 6.31. The number of hydrogen-bond acceptors (Lipinski definition) is 8. The van der Waals surface area contributed by atoms with Crippen LogP contribution in [-0.2, 0) is 19.1 Å². The lowest BCUT2D eigenvalue weighted by Gasteiger charge is -2.19. The molecule has 7 rings (SSSR count). The van der Waals surface area contributed by atoms with Crippen LogP contribution < -0.4 is 21.3 Å². The predicted molar refractivity (Wildman–Crippen MR) is 126 cm³/mol. The van der Waals surface area contributed by atoms with Gasteiger partial charge in [0.15, 0.2) is 12.2 Å². The highest BCUT2D eigenvalue weighted by Crippen LogP contribution is 2.41. The number of Topliss-reactive ketones (excluding diaryl/α,β-unsaturated/α-hetero) is 2. The van der Waals surface area contributed by atoms with Crippen molar-refractivity contribution < 1.29 is 19.1 Å². The lowest BCUT2D eigenvalue weighted by molar-refractivity contribution is -0.122. The van der Waals surface area contributed by atoms with Gasteiger partial charge in [-0.05, 0) is 24.3 Å². The molecule has 0 radical (unpaired) electrons. The Hall–Kier alpha value is -4.72. The zero-order valence-electron chi connectivity index (χ0n) is 17.7. The van der Waals surface area contributed by atoms with Gasteiger partial charge in [0.05, 0.1) is 22.7 Å². The summed E-state index contributed by atoms with van der Waals surface area (Å²) in [5, 5.41) is 12.7. The summed E-state index contributed by atoms with van der Waals surface area (Å²) in [5.41, 5.74) is 5.57. The Balaban J connectivity index is 1.09. The first-order valence-electron chi connectivity index (χ1n) is 10.9. The number of hydrogen-bond donors (Lipinski definition) is 4. The van der Waals surface area contributed by atoms with Gasteiger partial charge in [0.1, 0.15) is 11.4 Å². The molecule has 0 aliphatic carbocycles. The molecule has 4 aliphatic rings. The minimum Gasteiger partial charge on any atom is -0.461 e. The molecule has 4 heterocycles. The summed E-state index contributed by atoms with van der Waals surface area (Å²) in [6.45, 7) is 0. The van der Waals surface area contributed by atoms with Crippen molar-refractivity contribution >= 4 is 34.3 Å². The van der Waals surface area contributed by atoms with Crippen molar-refractivity contribution in [3.05, 3.63) is 107 Å². The van der Waals surface area contributed by atoms with Gasteiger partial charge in [-0.1, -0.05) is 48.5 Å². The summed E-state index contributed by atoms with van der Waals surface area (Å²) in [4.78, 5) is 26.1. The average molecular weight is 450 g/mol. The minimum absolute atomic E-state index is 0.152. The molecule has 0 spiro atoms. The first kappa shape index (κ1) is 18.8. The van der Waals surface area contributed by atoms with E-state index >= 15 is 0 Å². The SMILES string of the molecule is O=C1C2=C(Nc3ccccc3N2)O[C@H]1c1ccc([C@@H]2OC3=C(Nc4ccccc4N3)C2=O)cc1. The Morgan fingerprint density at radius 2 is 0.853 bits per heavy atom. The molecule has 8 heteroatoms. The number of anilines is 4. The summed E-state index contributed by atoms with van der Waals surface area (Å²) in [6, 6.07) is 22.4. The fourth-order valence-corrected chi connectivity index (χ4v) is 4.57. The summed E-state index contributed by atoms with van der Waals surface area (Å²) in [5.74, 6) is 0.531. The van der Waals surface area contributed by atoms with Gasteiger partial charge in [-0.3, -0.25) is 9.59 Å². The quantitative estimate of drug-likeness (QED) is 0.456. The molecule has 2 atom stereocenters. The topological polar surface area (TPSA) is 101 Å². The summed E-state index contributed by atoms with van der Waals surface area (Å²) in [7, 11) is 0. The number of ether oxygens (including phenoxy) is 2. The molecule has 0 unspecified atom stereocenters. The van der Waals surface area contributed by atoms with Gasteiger partial charge >= 0.3 is 0 Å². The van der Waals surface area contributed by atoms with E-state index < -0.39 is 12.2 Å². The molecule has 0 saturated heterocycles. The fraction of sp³-hybridized carbons (Fsp3) is 0.0769. The van der Waals surface area contributed by atoms with Gasteiger partial charge < -0.3 is 30.7 Å². The monoisotopic (exact) mass is 450 g/mol. The molecule has 0 saturated carbocycles. The molecule has 0 aromatic heterocycles. The first-order chi connectivity index (χ1) is 16.7. The van der Waals surface area contributed by atoms with E-state index in [1.165, 1.54) is 0 Å².